The number of aromatic nitrogens is 2. The molecule has 2 aromatic heterocycles. The van der Waals surface area contributed by atoms with Crippen LogP contribution in [0.4, 0.5) is 9.52 Å². The van der Waals surface area contributed by atoms with Crippen LogP contribution in [-0.2, 0) is 41.9 Å². The van der Waals surface area contributed by atoms with Gasteiger partial charge in [-0.25, -0.2) is 19.0 Å². The van der Waals surface area contributed by atoms with E-state index >= 15 is 4.39 Å². The molecular weight excluding hydrogens is 805 g/mol. The highest BCUT2D eigenvalue weighted by molar-refractivity contribution is 8.00. The highest BCUT2D eigenvalue weighted by atomic mass is 35.5. The third-order valence-electron chi connectivity index (χ3n) is 9.71. The number of pyridine rings is 1. The number of nitrogens with two attached hydrogens (primary N) is 1. The molecule has 6 rings (SSSR count). The van der Waals surface area contributed by atoms with Gasteiger partial charge in [0.25, 0.3) is 11.8 Å². The van der Waals surface area contributed by atoms with Crippen molar-refractivity contribution in [3.05, 3.63) is 55.2 Å². The minimum atomic E-state index is -2.01. The van der Waals surface area contributed by atoms with Crippen LogP contribution >= 0.6 is 34.7 Å². The molecule has 8 N–H and O–H groups in total. The van der Waals surface area contributed by atoms with Crippen molar-refractivity contribution < 1.29 is 63.2 Å². The molecule has 2 saturated heterocycles. The van der Waals surface area contributed by atoms with Gasteiger partial charge in [0, 0.05) is 43.0 Å². The third kappa shape index (κ3) is 7.43. The number of aliphatic carboxylic acids is 3. The summed E-state index contributed by atoms with van der Waals surface area (Å²) < 4.78 is 16.9. The maximum atomic E-state index is 15.2. The monoisotopic (exact) mass is 838 g/mol. The molecule has 3 atom stereocenters. The van der Waals surface area contributed by atoms with E-state index in [0.29, 0.717) is 25.2 Å². The number of halogens is 2. The van der Waals surface area contributed by atoms with E-state index in [4.69, 9.17) is 27.3 Å². The van der Waals surface area contributed by atoms with E-state index in [1.54, 1.807) is 17.7 Å². The first-order valence-corrected chi connectivity index (χ1v) is 19.1. The van der Waals surface area contributed by atoms with Crippen LogP contribution in [0, 0.1) is 5.82 Å². The van der Waals surface area contributed by atoms with Crippen molar-refractivity contribution in [3.63, 3.8) is 0 Å². The molecule has 19 nitrogen and oxygen atoms in total. The zero-order chi connectivity index (χ0) is 40.8. The number of carbonyl (C=O) groups is 5. The summed E-state index contributed by atoms with van der Waals surface area (Å²) in [5.41, 5.74) is 4.38. The Morgan fingerprint density at radius 3 is 2.46 bits per heavy atom. The number of carbonyl (C=O) groups excluding carboxylic acids is 2. The smallest absolute Gasteiger partial charge is 0.352 e. The summed E-state index contributed by atoms with van der Waals surface area (Å²) in [5, 5.41) is 53.5. The van der Waals surface area contributed by atoms with E-state index in [0.717, 1.165) is 46.9 Å². The largest absolute Gasteiger partial charge is 0.504 e. The zero-order valence-electron chi connectivity index (χ0n) is 29.2. The number of rotatable bonds is 14. The first kappa shape index (κ1) is 40.2. The minimum Gasteiger partial charge on any atom is -0.504 e. The highest BCUT2D eigenvalue weighted by Crippen LogP contribution is 2.42. The van der Waals surface area contributed by atoms with Gasteiger partial charge in [0.15, 0.2) is 28.2 Å². The number of thiazole rings is 1. The van der Waals surface area contributed by atoms with Crippen molar-refractivity contribution in [3.8, 4) is 11.5 Å². The molecule has 0 unspecified atom stereocenters. The Morgan fingerprint density at radius 2 is 1.88 bits per heavy atom. The molecule has 298 valence electrons. The number of β-lactam (4-membered cyclic amide) rings is 1. The molecule has 0 saturated carbocycles. The number of aromatic hydroxyl groups is 2. The van der Waals surface area contributed by atoms with Gasteiger partial charge in [-0.15, -0.1) is 11.8 Å². The number of nitrogens with one attached hydrogen (secondary N) is 1. The summed E-state index contributed by atoms with van der Waals surface area (Å²) in [5.74, 6) is -9.47. The number of phenolic OH excluding ortho intramolecular Hbond substituents is 2. The Balaban J connectivity index is 1.27. The number of phenols is 2. The van der Waals surface area contributed by atoms with Crippen molar-refractivity contribution in [2.75, 3.05) is 31.1 Å². The van der Waals surface area contributed by atoms with E-state index in [9.17, 15) is 49.2 Å². The lowest BCUT2D eigenvalue weighted by molar-refractivity contribution is -0.925. The molecule has 2 fully saturated rings. The van der Waals surface area contributed by atoms with E-state index in [1.165, 1.54) is 0 Å². The molecular formula is C33H34ClFN7O12S2+. The number of oxime groups is 1. The minimum absolute atomic E-state index is 0.0794. The van der Waals surface area contributed by atoms with Crippen LogP contribution in [-0.4, -0.2) is 123 Å². The van der Waals surface area contributed by atoms with Crippen molar-refractivity contribution >= 4 is 86.2 Å². The Labute approximate surface area is 328 Å². The van der Waals surface area contributed by atoms with Gasteiger partial charge in [0.2, 0.25) is 11.5 Å². The van der Waals surface area contributed by atoms with Crippen LogP contribution in [0.5, 0.6) is 11.5 Å². The average molecular weight is 839 g/mol. The topological polar surface area (TPSA) is 284 Å². The predicted octanol–water partition coefficient (Wildman–Crippen LogP) is 1.46. The Morgan fingerprint density at radius 1 is 1.18 bits per heavy atom. The molecule has 3 aliphatic heterocycles. The Kier molecular flexibility index (Phi) is 11.2. The number of hydrogen-bond donors (Lipinski definition) is 7. The fraction of sp³-hybridized carbons (Fsp3) is 0.394. The SMILES string of the molecule is CCn1cc(C[N+]2(CC3=C(C(=O)O)N4C(=O)[C@@H](NC(=O)/C(=N\O[C@@H](CC(=O)O)C(=O)O)c5nc(N)sc5Cl)[C@H]4SC3)CCCC2)c(=O)c2c(F)c(O)c(O)cc21. The molecule has 1 aromatic carbocycles. The van der Waals surface area contributed by atoms with Crippen molar-refractivity contribution in [2.24, 2.45) is 5.16 Å². The van der Waals surface area contributed by atoms with Gasteiger partial charge in [-0.2, -0.15) is 0 Å². The Bertz CT molecular complexity index is 2310. The molecule has 23 heteroatoms. The number of benzene rings is 1. The van der Waals surface area contributed by atoms with Crippen molar-refractivity contribution in [1.29, 1.82) is 0 Å². The summed E-state index contributed by atoms with van der Waals surface area (Å²) in [6, 6.07) is -0.187. The number of hydrogen-bond acceptors (Lipinski definition) is 14. The van der Waals surface area contributed by atoms with Gasteiger partial charge in [-0.05, 0) is 6.92 Å². The summed E-state index contributed by atoms with van der Waals surface area (Å²) in [7, 11) is 0. The van der Waals surface area contributed by atoms with Gasteiger partial charge in [0.05, 0.1) is 36.0 Å². The standard InChI is InChI=1S/C33H33ClFN7O12S2/c1-2-40-9-13(25(46)19-15(40)7-16(43)26(47)20(19)35)10-42(5-3-4-6-42)11-14-12-55-30-23(29(49)41(30)24(14)32(52)53)37-28(48)22(21-27(34)56-33(36)38-21)39-54-17(31(50)51)8-18(44)45/h7,9,17,23,30H,2-6,8,10-12H2,1H3,(H7-,36,37,38,39,43,44,45,46,47,48,50,51,52,53)/p+1/t17-,23+,30+/m0/s1. The summed E-state index contributed by atoms with van der Waals surface area (Å²) >= 11 is 8.09. The van der Waals surface area contributed by atoms with Gasteiger partial charge < -0.3 is 50.5 Å². The number of quaternary nitrogens is 1. The maximum absolute atomic E-state index is 15.2. The molecule has 0 spiro atoms. The van der Waals surface area contributed by atoms with Crippen LogP contribution in [0.2, 0.25) is 4.34 Å². The predicted molar refractivity (Wildman–Crippen MR) is 197 cm³/mol. The van der Waals surface area contributed by atoms with Gasteiger partial charge in [-0.3, -0.25) is 24.1 Å². The Hall–Kier alpha value is -5.45. The fourth-order valence-electron chi connectivity index (χ4n) is 7.17. The number of anilines is 1. The lowest BCUT2D eigenvalue weighted by Gasteiger charge is -2.50. The van der Waals surface area contributed by atoms with Crippen LogP contribution in [0.1, 0.15) is 37.4 Å². The van der Waals surface area contributed by atoms with Crippen molar-refractivity contribution in [1.82, 2.24) is 19.8 Å². The molecule has 56 heavy (non-hydrogen) atoms. The van der Waals surface area contributed by atoms with E-state index in [2.05, 4.69) is 15.5 Å². The molecule has 0 aliphatic carbocycles. The second kappa shape index (κ2) is 15.6. The van der Waals surface area contributed by atoms with Crippen LogP contribution in [0.3, 0.4) is 0 Å². The first-order chi connectivity index (χ1) is 26.5. The highest BCUT2D eigenvalue weighted by Gasteiger charge is 2.55. The fourth-order valence-corrected chi connectivity index (χ4v) is 9.43. The molecule has 2 amide bonds. The number of likely N-dealkylation sites (tertiary alicyclic amines) is 1. The number of thioether (sulfide) groups is 1. The van der Waals surface area contributed by atoms with Crippen LogP contribution < -0.4 is 16.5 Å². The van der Waals surface area contributed by atoms with E-state index < -0.39 is 82.1 Å². The molecule has 0 bridgehead atoms. The lowest BCUT2D eigenvalue weighted by atomic mass is 10.0. The molecule has 3 aliphatic rings. The molecule has 5 heterocycles. The van der Waals surface area contributed by atoms with Gasteiger partial charge in [0.1, 0.15) is 40.2 Å². The van der Waals surface area contributed by atoms with Gasteiger partial charge >= 0.3 is 17.9 Å². The molecule has 3 aromatic rings. The molecule has 0 radical (unpaired) electrons. The maximum Gasteiger partial charge on any atom is 0.352 e. The number of aryl methyl sites for hydroxylation is 1. The normalized spacial score (nSPS) is 19.7. The number of fused-ring (bicyclic) bond motifs is 2. The van der Waals surface area contributed by atoms with Crippen LogP contribution in [0.25, 0.3) is 10.9 Å². The second-order valence-corrected chi connectivity index (χ2v) is 16.0. The van der Waals surface area contributed by atoms with Crippen molar-refractivity contribution in [2.45, 2.75) is 56.8 Å². The quantitative estimate of drug-likeness (QED) is 0.0398. The number of carboxylic acid groups (broad SMARTS) is 3. The number of nitrogens with zero attached hydrogens (tertiary/aromatic N) is 5. The summed E-state index contributed by atoms with van der Waals surface area (Å²) in [6.07, 6.45) is 0.0165. The summed E-state index contributed by atoms with van der Waals surface area (Å²) in [4.78, 5) is 86.2. The number of nitrogen functional groups attached to an aromatic ring is 1. The second-order valence-electron chi connectivity index (χ2n) is 13.3. The van der Waals surface area contributed by atoms with Gasteiger partial charge in [-0.1, -0.05) is 28.1 Å². The summed E-state index contributed by atoms with van der Waals surface area (Å²) in [6.45, 7) is 3.33. The average Bonchev–Trinajstić information content (AvgIpc) is 3.74. The van der Waals surface area contributed by atoms with E-state index in [-0.39, 0.29) is 60.7 Å². The first-order valence-electron chi connectivity index (χ1n) is 16.9. The number of amides is 2. The van der Waals surface area contributed by atoms with Crippen LogP contribution in [0.15, 0.2) is 33.5 Å². The lowest BCUT2D eigenvalue weighted by Crippen LogP contribution is -2.71. The zero-order valence-corrected chi connectivity index (χ0v) is 31.6. The third-order valence-corrected chi connectivity index (χ3v) is 12.1. The number of carboxylic acids is 3. The van der Waals surface area contributed by atoms with E-state index in [1.807, 2.05) is 0 Å².